The summed E-state index contributed by atoms with van der Waals surface area (Å²) < 4.78 is 1.00. The predicted molar refractivity (Wildman–Crippen MR) is 76.9 cm³/mol. The zero-order valence-electron chi connectivity index (χ0n) is 10.7. The van der Waals surface area contributed by atoms with Crippen LogP contribution in [0.1, 0.15) is 26.2 Å². The summed E-state index contributed by atoms with van der Waals surface area (Å²) in [4.78, 5) is 11.3. The van der Waals surface area contributed by atoms with E-state index in [1.807, 2.05) is 6.20 Å². The lowest BCUT2D eigenvalue weighted by molar-refractivity contribution is 0.494. The second kappa shape index (κ2) is 5.03. The highest BCUT2D eigenvalue weighted by Gasteiger charge is 2.37. The molecule has 1 saturated heterocycles. The molecule has 18 heavy (non-hydrogen) atoms. The zero-order chi connectivity index (χ0) is 12.5. The molecule has 0 spiro atoms. The van der Waals surface area contributed by atoms with E-state index >= 15 is 0 Å². The maximum absolute atomic E-state index is 4.63. The summed E-state index contributed by atoms with van der Waals surface area (Å²) in [5.41, 5.74) is 0. The Bertz CT molecular complexity index is 425. The number of halogens is 1. The number of nitrogens with one attached hydrogen (secondary N) is 1. The average molecular weight is 311 g/mol. The molecule has 0 radical (unpaired) electrons. The first-order chi connectivity index (χ1) is 8.78. The van der Waals surface area contributed by atoms with Crippen molar-refractivity contribution >= 4 is 27.7 Å². The summed E-state index contributed by atoms with van der Waals surface area (Å²) >= 11 is 3.58. The summed E-state index contributed by atoms with van der Waals surface area (Å²) in [5, 5.41) is 3.18. The van der Waals surface area contributed by atoms with Gasteiger partial charge in [0.2, 0.25) is 5.95 Å². The van der Waals surface area contributed by atoms with Crippen LogP contribution in [-0.2, 0) is 0 Å². The number of aromatic nitrogens is 2. The van der Waals surface area contributed by atoms with E-state index in [1.165, 1.54) is 19.3 Å². The maximum Gasteiger partial charge on any atom is 0.224 e. The molecule has 2 heterocycles. The maximum atomic E-state index is 4.63. The molecule has 2 unspecified atom stereocenters. The number of fused-ring (bicyclic) bond motifs is 1. The molecule has 2 atom stereocenters. The van der Waals surface area contributed by atoms with Gasteiger partial charge >= 0.3 is 0 Å². The Morgan fingerprint density at radius 2 is 2.11 bits per heavy atom. The molecular formula is C13H19BrN4. The van der Waals surface area contributed by atoms with Gasteiger partial charge in [-0.25, -0.2) is 4.98 Å². The zero-order valence-corrected chi connectivity index (χ0v) is 12.3. The first-order valence-corrected chi connectivity index (χ1v) is 7.58. The van der Waals surface area contributed by atoms with Gasteiger partial charge in [-0.2, -0.15) is 4.98 Å². The number of rotatable bonds is 3. The summed E-state index contributed by atoms with van der Waals surface area (Å²) in [5.74, 6) is 3.55. The van der Waals surface area contributed by atoms with E-state index in [0.29, 0.717) is 0 Å². The molecule has 2 aliphatic rings. The first-order valence-electron chi connectivity index (χ1n) is 6.79. The van der Waals surface area contributed by atoms with Gasteiger partial charge in [0.05, 0.1) is 4.47 Å². The van der Waals surface area contributed by atoms with E-state index in [1.54, 1.807) is 0 Å². The third-order valence-corrected chi connectivity index (χ3v) is 4.65. The molecule has 1 N–H and O–H groups in total. The van der Waals surface area contributed by atoms with Gasteiger partial charge in [0, 0.05) is 25.8 Å². The van der Waals surface area contributed by atoms with E-state index < -0.39 is 0 Å². The van der Waals surface area contributed by atoms with E-state index in [2.05, 4.69) is 43.0 Å². The van der Waals surface area contributed by atoms with E-state index in [9.17, 15) is 0 Å². The van der Waals surface area contributed by atoms with Crippen LogP contribution in [0.3, 0.4) is 0 Å². The molecule has 2 fully saturated rings. The van der Waals surface area contributed by atoms with Crippen LogP contribution in [0.5, 0.6) is 0 Å². The number of nitrogens with zero attached hydrogens (tertiary/aromatic N) is 3. The van der Waals surface area contributed by atoms with Crippen LogP contribution in [-0.4, -0.2) is 29.6 Å². The molecule has 3 rings (SSSR count). The Labute approximate surface area is 116 Å². The molecule has 0 aromatic carbocycles. The van der Waals surface area contributed by atoms with Gasteiger partial charge in [0.15, 0.2) is 0 Å². The Balaban J connectivity index is 1.81. The second-order valence-corrected chi connectivity index (χ2v) is 6.11. The Morgan fingerprint density at radius 1 is 1.39 bits per heavy atom. The molecule has 0 bridgehead atoms. The normalized spacial score (nSPS) is 26.4. The van der Waals surface area contributed by atoms with Crippen molar-refractivity contribution in [3.05, 3.63) is 10.7 Å². The smallest absolute Gasteiger partial charge is 0.224 e. The minimum atomic E-state index is 0.729. The molecule has 1 aromatic rings. The molecule has 0 amide bonds. The number of hydrogen-bond donors (Lipinski definition) is 1. The summed E-state index contributed by atoms with van der Waals surface area (Å²) in [6.45, 7) is 5.23. The third-order valence-electron chi connectivity index (χ3n) is 4.09. The van der Waals surface area contributed by atoms with Crippen LogP contribution >= 0.6 is 15.9 Å². The molecule has 4 nitrogen and oxygen atoms in total. The van der Waals surface area contributed by atoms with Crippen molar-refractivity contribution in [1.29, 1.82) is 0 Å². The summed E-state index contributed by atoms with van der Waals surface area (Å²) in [6.07, 6.45) is 6.05. The van der Waals surface area contributed by atoms with Crippen molar-refractivity contribution in [2.24, 2.45) is 11.8 Å². The molecule has 1 aromatic heterocycles. The highest BCUT2D eigenvalue weighted by molar-refractivity contribution is 9.10. The van der Waals surface area contributed by atoms with Gasteiger partial charge in [0.1, 0.15) is 5.82 Å². The minimum Gasteiger partial charge on any atom is -0.355 e. The van der Waals surface area contributed by atoms with Crippen LogP contribution in [0, 0.1) is 11.8 Å². The highest BCUT2D eigenvalue weighted by atomic mass is 79.9. The fourth-order valence-electron chi connectivity index (χ4n) is 3.23. The second-order valence-electron chi connectivity index (χ2n) is 5.25. The summed E-state index contributed by atoms with van der Waals surface area (Å²) in [7, 11) is 0. The van der Waals surface area contributed by atoms with Crippen molar-refractivity contribution in [3.63, 3.8) is 0 Å². The van der Waals surface area contributed by atoms with Crippen LogP contribution in [0.25, 0.3) is 0 Å². The Hall–Kier alpha value is -0.840. The molecule has 1 saturated carbocycles. The Kier molecular flexibility index (Phi) is 3.41. The fraction of sp³-hybridized carbons (Fsp3) is 0.692. The lowest BCUT2D eigenvalue weighted by atomic mass is 10.0. The topological polar surface area (TPSA) is 41.1 Å². The van der Waals surface area contributed by atoms with E-state index in [4.69, 9.17) is 0 Å². The third kappa shape index (κ3) is 2.20. The summed E-state index contributed by atoms with van der Waals surface area (Å²) in [6, 6.07) is 0. The van der Waals surface area contributed by atoms with Crippen molar-refractivity contribution in [1.82, 2.24) is 9.97 Å². The van der Waals surface area contributed by atoms with E-state index in [0.717, 1.165) is 47.7 Å². The van der Waals surface area contributed by atoms with Crippen LogP contribution in [0.4, 0.5) is 11.8 Å². The van der Waals surface area contributed by atoms with Gasteiger partial charge in [-0.1, -0.05) is 6.42 Å². The lowest BCUT2D eigenvalue weighted by Crippen LogP contribution is -2.23. The number of anilines is 2. The highest BCUT2D eigenvalue weighted by Crippen LogP contribution is 2.40. The van der Waals surface area contributed by atoms with Gasteiger partial charge in [-0.3, -0.25) is 0 Å². The Morgan fingerprint density at radius 3 is 2.78 bits per heavy atom. The minimum absolute atomic E-state index is 0.729. The molecule has 5 heteroatoms. The molecule has 1 aliphatic heterocycles. The monoisotopic (exact) mass is 310 g/mol. The average Bonchev–Trinajstić information content (AvgIpc) is 2.92. The predicted octanol–water partition coefficient (Wildman–Crippen LogP) is 2.91. The fourth-order valence-corrected chi connectivity index (χ4v) is 3.67. The molecular weight excluding hydrogens is 292 g/mol. The van der Waals surface area contributed by atoms with Gasteiger partial charge in [-0.15, -0.1) is 0 Å². The molecule has 98 valence electrons. The van der Waals surface area contributed by atoms with Crippen LogP contribution < -0.4 is 10.2 Å². The van der Waals surface area contributed by atoms with Gasteiger partial charge < -0.3 is 10.2 Å². The van der Waals surface area contributed by atoms with Crippen LogP contribution in [0.2, 0.25) is 0 Å². The van der Waals surface area contributed by atoms with E-state index in [-0.39, 0.29) is 0 Å². The standard InChI is InChI=1S/C13H19BrN4/c1-2-15-13-16-6-11(14)12(17-13)18-7-9-4-3-5-10(9)8-18/h6,9-10H,2-5,7-8H2,1H3,(H,15,16,17). The van der Waals surface area contributed by atoms with Crippen LogP contribution in [0.15, 0.2) is 10.7 Å². The number of hydrogen-bond acceptors (Lipinski definition) is 4. The van der Waals surface area contributed by atoms with Crippen molar-refractivity contribution in [2.45, 2.75) is 26.2 Å². The van der Waals surface area contributed by atoms with Crippen molar-refractivity contribution < 1.29 is 0 Å². The van der Waals surface area contributed by atoms with Gasteiger partial charge in [0.25, 0.3) is 0 Å². The van der Waals surface area contributed by atoms with Crippen molar-refractivity contribution in [3.8, 4) is 0 Å². The van der Waals surface area contributed by atoms with Gasteiger partial charge in [-0.05, 0) is 47.5 Å². The lowest BCUT2D eigenvalue weighted by Gasteiger charge is -2.20. The largest absolute Gasteiger partial charge is 0.355 e. The quantitative estimate of drug-likeness (QED) is 0.932. The SMILES string of the molecule is CCNc1ncc(Br)c(N2CC3CCCC3C2)n1. The first kappa shape index (κ1) is 12.2. The molecule has 1 aliphatic carbocycles. The van der Waals surface area contributed by atoms with Crippen molar-refractivity contribution in [2.75, 3.05) is 29.9 Å².